The number of hydrogen-bond acceptors (Lipinski definition) is 3. The molecule has 0 aliphatic rings. The number of carboxylic acids is 1. The number of phenols is 1. The van der Waals surface area contributed by atoms with E-state index in [0.29, 0.717) is 17.7 Å². The maximum absolute atomic E-state index is 10.4. The zero-order chi connectivity index (χ0) is 11.4. The zero-order valence-electron chi connectivity index (χ0n) is 8.16. The first-order chi connectivity index (χ1) is 7.06. The maximum Gasteiger partial charge on any atom is 0.303 e. The maximum atomic E-state index is 10.4. The number of hydrogen-bond donors (Lipinski definition) is 2. The molecule has 4 nitrogen and oxygen atoms in total. The van der Waals surface area contributed by atoms with Crippen molar-refractivity contribution in [3.8, 4) is 11.5 Å². The van der Waals surface area contributed by atoms with E-state index in [-0.39, 0.29) is 12.2 Å². The lowest BCUT2D eigenvalue weighted by atomic mass is 10.1. The average molecular weight is 275 g/mol. The number of phenolic OH excluding ortho intramolecular Hbond substituents is 1. The highest BCUT2D eigenvalue weighted by molar-refractivity contribution is 9.10. The minimum Gasteiger partial charge on any atom is -0.504 e. The van der Waals surface area contributed by atoms with E-state index < -0.39 is 5.97 Å². The van der Waals surface area contributed by atoms with Crippen molar-refractivity contribution >= 4 is 21.9 Å². The third-order valence-corrected chi connectivity index (χ3v) is 2.72. The summed E-state index contributed by atoms with van der Waals surface area (Å²) in [5.74, 6) is -0.543. The molecule has 0 heterocycles. The van der Waals surface area contributed by atoms with Crippen LogP contribution in [0.1, 0.15) is 12.0 Å². The fraction of sp³-hybridized carbons (Fsp3) is 0.300. The van der Waals surface area contributed by atoms with E-state index in [0.717, 1.165) is 4.47 Å². The van der Waals surface area contributed by atoms with Crippen LogP contribution in [-0.2, 0) is 11.2 Å². The molecule has 0 bridgehead atoms. The molecule has 0 saturated carbocycles. The number of ether oxygens (including phenoxy) is 1. The second-order valence-corrected chi connectivity index (χ2v) is 3.83. The Bertz CT molecular complexity index is 376. The number of rotatable bonds is 4. The lowest BCUT2D eigenvalue weighted by Gasteiger charge is -2.11. The summed E-state index contributed by atoms with van der Waals surface area (Å²) in [6.45, 7) is 0. The van der Waals surface area contributed by atoms with Crippen molar-refractivity contribution in [2.75, 3.05) is 7.11 Å². The van der Waals surface area contributed by atoms with E-state index in [4.69, 9.17) is 9.84 Å². The van der Waals surface area contributed by atoms with Crippen molar-refractivity contribution in [3.05, 3.63) is 22.2 Å². The van der Waals surface area contributed by atoms with Crippen molar-refractivity contribution < 1.29 is 19.7 Å². The van der Waals surface area contributed by atoms with Crippen molar-refractivity contribution in [1.82, 2.24) is 0 Å². The van der Waals surface area contributed by atoms with Gasteiger partial charge >= 0.3 is 5.97 Å². The lowest BCUT2D eigenvalue weighted by Crippen LogP contribution is -2.00. The zero-order valence-corrected chi connectivity index (χ0v) is 9.74. The monoisotopic (exact) mass is 274 g/mol. The number of carboxylic acid groups (broad SMARTS) is 1. The summed E-state index contributed by atoms with van der Waals surface area (Å²) in [6.07, 6.45) is 0.311. The standard InChI is InChI=1S/C10H11BrO4/c1-15-10-6(2-5-9(13)14)7(11)3-4-8(10)12/h3-4,12H,2,5H2,1H3,(H,13,14). The molecule has 0 radical (unpaired) electrons. The molecular weight excluding hydrogens is 264 g/mol. The summed E-state index contributed by atoms with van der Waals surface area (Å²) >= 11 is 3.29. The van der Waals surface area contributed by atoms with Crippen LogP contribution in [0, 0.1) is 0 Å². The molecule has 15 heavy (non-hydrogen) atoms. The van der Waals surface area contributed by atoms with Crippen molar-refractivity contribution in [3.63, 3.8) is 0 Å². The van der Waals surface area contributed by atoms with Gasteiger partial charge in [0.15, 0.2) is 11.5 Å². The molecule has 0 aromatic heterocycles. The Balaban J connectivity index is 3.02. The molecule has 0 aliphatic heterocycles. The first kappa shape index (κ1) is 11.8. The minimum atomic E-state index is -0.882. The molecule has 0 fully saturated rings. The van der Waals surface area contributed by atoms with Gasteiger partial charge in [-0.25, -0.2) is 0 Å². The van der Waals surface area contributed by atoms with Gasteiger partial charge < -0.3 is 14.9 Å². The first-order valence-electron chi connectivity index (χ1n) is 4.32. The van der Waals surface area contributed by atoms with Gasteiger partial charge in [-0.3, -0.25) is 4.79 Å². The van der Waals surface area contributed by atoms with E-state index in [1.165, 1.54) is 13.2 Å². The first-order valence-corrected chi connectivity index (χ1v) is 5.11. The van der Waals surface area contributed by atoms with E-state index in [1.54, 1.807) is 6.07 Å². The molecule has 0 saturated heterocycles. The van der Waals surface area contributed by atoms with E-state index in [1.807, 2.05) is 0 Å². The Morgan fingerprint density at radius 1 is 1.53 bits per heavy atom. The molecule has 1 rings (SSSR count). The average Bonchev–Trinajstić information content (AvgIpc) is 2.19. The van der Waals surface area contributed by atoms with Gasteiger partial charge in [-0.05, 0) is 18.6 Å². The smallest absolute Gasteiger partial charge is 0.303 e. The normalized spacial score (nSPS) is 10.0. The highest BCUT2D eigenvalue weighted by atomic mass is 79.9. The highest BCUT2D eigenvalue weighted by Crippen LogP contribution is 2.35. The second-order valence-electron chi connectivity index (χ2n) is 2.97. The van der Waals surface area contributed by atoms with Crippen LogP contribution in [0.5, 0.6) is 11.5 Å². The predicted molar refractivity (Wildman–Crippen MR) is 58.3 cm³/mol. The van der Waals surface area contributed by atoms with Gasteiger partial charge in [0.05, 0.1) is 7.11 Å². The van der Waals surface area contributed by atoms with Crippen LogP contribution in [0.3, 0.4) is 0 Å². The Kier molecular flexibility index (Phi) is 3.96. The molecular formula is C10H11BrO4. The van der Waals surface area contributed by atoms with Crippen LogP contribution in [0.4, 0.5) is 0 Å². The summed E-state index contributed by atoms with van der Waals surface area (Å²) in [7, 11) is 1.44. The van der Waals surface area contributed by atoms with Gasteiger partial charge in [0.2, 0.25) is 0 Å². The largest absolute Gasteiger partial charge is 0.504 e. The molecule has 0 aliphatic carbocycles. The van der Waals surface area contributed by atoms with Gasteiger partial charge in [0, 0.05) is 16.5 Å². The van der Waals surface area contributed by atoms with Crippen molar-refractivity contribution in [2.45, 2.75) is 12.8 Å². The minimum absolute atomic E-state index is 0.00157. The molecule has 5 heteroatoms. The molecule has 1 aromatic carbocycles. The lowest BCUT2D eigenvalue weighted by molar-refractivity contribution is -0.136. The quantitative estimate of drug-likeness (QED) is 0.883. The van der Waals surface area contributed by atoms with E-state index >= 15 is 0 Å². The summed E-state index contributed by atoms with van der Waals surface area (Å²) in [4.78, 5) is 10.4. The molecule has 2 N–H and O–H groups in total. The predicted octanol–water partition coefficient (Wildman–Crippen LogP) is 2.18. The topological polar surface area (TPSA) is 66.8 Å². The van der Waals surface area contributed by atoms with E-state index in [2.05, 4.69) is 15.9 Å². The number of aromatic hydroxyl groups is 1. The SMILES string of the molecule is COc1c(O)ccc(Br)c1CCC(=O)O. The Labute approximate surface area is 95.6 Å². The van der Waals surface area contributed by atoms with Crippen LogP contribution in [0.25, 0.3) is 0 Å². The Morgan fingerprint density at radius 2 is 2.20 bits per heavy atom. The fourth-order valence-electron chi connectivity index (χ4n) is 1.28. The molecule has 0 unspecified atom stereocenters. The third-order valence-electron chi connectivity index (χ3n) is 1.98. The number of benzene rings is 1. The molecule has 0 spiro atoms. The van der Waals surface area contributed by atoms with E-state index in [9.17, 15) is 9.90 Å². The summed E-state index contributed by atoms with van der Waals surface area (Å²) in [6, 6.07) is 3.15. The number of aliphatic carboxylic acids is 1. The Morgan fingerprint density at radius 3 is 2.73 bits per heavy atom. The Hall–Kier alpha value is -1.23. The van der Waals surface area contributed by atoms with Gasteiger partial charge in [-0.2, -0.15) is 0 Å². The summed E-state index contributed by atoms with van der Waals surface area (Å²) in [5, 5.41) is 18.1. The van der Waals surface area contributed by atoms with Crippen LogP contribution < -0.4 is 4.74 Å². The van der Waals surface area contributed by atoms with Crippen LogP contribution in [-0.4, -0.2) is 23.3 Å². The van der Waals surface area contributed by atoms with Gasteiger partial charge in [-0.15, -0.1) is 0 Å². The van der Waals surface area contributed by atoms with Gasteiger partial charge in [0.25, 0.3) is 0 Å². The number of halogens is 1. The third kappa shape index (κ3) is 2.86. The summed E-state index contributed by atoms with van der Waals surface area (Å²) in [5.41, 5.74) is 0.667. The highest BCUT2D eigenvalue weighted by Gasteiger charge is 2.13. The summed E-state index contributed by atoms with van der Waals surface area (Å²) < 4.78 is 5.75. The van der Waals surface area contributed by atoms with Gasteiger partial charge in [-0.1, -0.05) is 15.9 Å². The number of methoxy groups -OCH3 is 1. The molecule has 82 valence electrons. The van der Waals surface area contributed by atoms with Crippen LogP contribution >= 0.6 is 15.9 Å². The second kappa shape index (κ2) is 5.02. The van der Waals surface area contributed by atoms with Gasteiger partial charge in [0.1, 0.15) is 0 Å². The fourth-order valence-corrected chi connectivity index (χ4v) is 1.79. The number of carbonyl (C=O) groups is 1. The van der Waals surface area contributed by atoms with Crippen molar-refractivity contribution in [1.29, 1.82) is 0 Å². The molecule has 0 amide bonds. The van der Waals surface area contributed by atoms with Crippen molar-refractivity contribution in [2.24, 2.45) is 0 Å². The molecule has 1 aromatic rings. The molecule has 0 atom stereocenters. The van der Waals surface area contributed by atoms with Crippen LogP contribution in [0.2, 0.25) is 0 Å². The van der Waals surface area contributed by atoms with Crippen LogP contribution in [0.15, 0.2) is 16.6 Å².